The lowest BCUT2D eigenvalue weighted by Gasteiger charge is -2.30. The van der Waals surface area contributed by atoms with Crippen LogP contribution in [0.25, 0.3) is 6.08 Å². The molecule has 2 aliphatic heterocycles. The van der Waals surface area contributed by atoms with E-state index in [-0.39, 0.29) is 24.3 Å². The maximum absolute atomic E-state index is 13.3. The van der Waals surface area contributed by atoms with Crippen molar-refractivity contribution in [1.82, 2.24) is 5.32 Å². The van der Waals surface area contributed by atoms with Crippen molar-refractivity contribution >= 4 is 35.2 Å². The van der Waals surface area contributed by atoms with Gasteiger partial charge in [-0.05, 0) is 60.5 Å². The fraction of sp³-hybridized carbons (Fsp3) is 0.185. The summed E-state index contributed by atoms with van der Waals surface area (Å²) < 4.78 is 17.1. The van der Waals surface area contributed by atoms with Crippen molar-refractivity contribution in [2.75, 3.05) is 24.7 Å². The highest BCUT2D eigenvalue weighted by Gasteiger charge is 2.32. The summed E-state index contributed by atoms with van der Waals surface area (Å²) in [5, 5.41) is 3.52. The van der Waals surface area contributed by atoms with Crippen LogP contribution in [0.1, 0.15) is 24.1 Å². The second-order valence-electron chi connectivity index (χ2n) is 8.22. The molecule has 0 radical (unpaired) electrons. The zero-order valence-corrected chi connectivity index (χ0v) is 19.7. The van der Waals surface area contributed by atoms with E-state index in [0.29, 0.717) is 41.2 Å². The molecule has 2 aliphatic rings. The molecule has 35 heavy (non-hydrogen) atoms. The molecule has 178 valence electrons. The topological polar surface area (TPSA) is 77.1 Å². The Kier molecular flexibility index (Phi) is 6.33. The Morgan fingerprint density at radius 3 is 2.66 bits per heavy atom. The van der Waals surface area contributed by atoms with E-state index in [2.05, 4.69) is 5.32 Å². The molecule has 1 atom stereocenters. The van der Waals surface area contributed by atoms with Crippen molar-refractivity contribution in [3.8, 4) is 17.2 Å². The van der Waals surface area contributed by atoms with Crippen molar-refractivity contribution in [3.05, 3.63) is 88.6 Å². The molecule has 0 aliphatic carbocycles. The second-order valence-corrected chi connectivity index (χ2v) is 8.65. The summed E-state index contributed by atoms with van der Waals surface area (Å²) in [5.41, 5.74) is 2.12. The number of hydrogen-bond acceptors (Lipinski definition) is 5. The number of carbonyl (C=O) groups excluding carboxylic acids is 2. The van der Waals surface area contributed by atoms with E-state index >= 15 is 0 Å². The van der Waals surface area contributed by atoms with E-state index in [1.165, 1.54) is 4.90 Å². The van der Waals surface area contributed by atoms with Gasteiger partial charge in [0.1, 0.15) is 19.8 Å². The van der Waals surface area contributed by atoms with Crippen LogP contribution in [0.3, 0.4) is 0 Å². The first-order valence-electron chi connectivity index (χ1n) is 11.2. The van der Waals surface area contributed by atoms with Gasteiger partial charge in [0.15, 0.2) is 23.0 Å². The first-order chi connectivity index (χ1) is 17.0. The Morgan fingerprint density at radius 2 is 1.83 bits per heavy atom. The van der Waals surface area contributed by atoms with Gasteiger partial charge in [-0.25, -0.2) is 0 Å². The average molecular weight is 491 g/mol. The van der Waals surface area contributed by atoms with Crippen LogP contribution in [0.5, 0.6) is 17.2 Å². The quantitative estimate of drug-likeness (QED) is 0.522. The molecule has 1 N–H and O–H groups in total. The molecule has 8 heteroatoms. The number of nitrogens with zero attached hydrogens (tertiary/aromatic N) is 1. The number of benzene rings is 3. The predicted octanol–water partition coefficient (Wildman–Crippen LogP) is 4.76. The maximum atomic E-state index is 13.3. The minimum atomic E-state index is -0.411. The molecule has 0 aromatic heterocycles. The predicted molar refractivity (Wildman–Crippen MR) is 133 cm³/mol. The standard InChI is InChI=1S/C27H23ClN2O5/c1-17(19-9-10-23-24(15-19)34-12-11-33-23)29-26(31)16-30-21-7-2-3-8-22(21)35-25(27(30)32)14-18-5-4-6-20(28)13-18/h2-10,13-15,17H,11-12,16H2,1H3,(H,29,31)/b25-14+/t17-/m1/s1. The molecule has 0 bridgehead atoms. The molecule has 0 fully saturated rings. The summed E-state index contributed by atoms with van der Waals surface area (Å²) >= 11 is 6.08. The van der Waals surface area contributed by atoms with E-state index in [0.717, 1.165) is 11.1 Å². The Morgan fingerprint density at radius 1 is 1.03 bits per heavy atom. The van der Waals surface area contributed by atoms with Crippen molar-refractivity contribution < 1.29 is 23.8 Å². The fourth-order valence-corrected chi connectivity index (χ4v) is 4.21. The maximum Gasteiger partial charge on any atom is 0.294 e. The highest BCUT2D eigenvalue weighted by Crippen LogP contribution is 2.36. The number of fused-ring (bicyclic) bond motifs is 2. The zero-order valence-electron chi connectivity index (χ0n) is 19.0. The van der Waals surface area contributed by atoms with Gasteiger partial charge < -0.3 is 19.5 Å². The van der Waals surface area contributed by atoms with Gasteiger partial charge in [0.25, 0.3) is 5.91 Å². The van der Waals surface area contributed by atoms with Crippen molar-refractivity contribution in [2.45, 2.75) is 13.0 Å². The number of nitrogens with one attached hydrogen (secondary N) is 1. The Hall–Kier alpha value is -3.97. The Labute approximate surface area is 207 Å². The van der Waals surface area contributed by atoms with Gasteiger partial charge in [-0.15, -0.1) is 0 Å². The summed E-state index contributed by atoms with van der Waals surface area (Å²) in [4.78, 5) is 27.7. The Balaban J connectivity index is 1.35. The van der Waals surface area contributed by atoms with Crippen LogP contribution in [0.4, 0.5) is 5.69 Å². The molecule has 2 amide bonds. The lowest BCUT2D eigenvalue weighted by Crippen LogP contribution is -2.44. The molecule has 3 aromatic carbocycles. The zero-order chi connectivity index (χ0) is 24.4. The normalized spacial score (nSPS) is 16.3. The van der Waals surface area contributed by atoms with Crippen LogP contribution in [0.2, 0.25) is 5.02 Å². The summed E-state index contributed by atoms with van der Waals surface area (Å²) in [6.45, 7) is 2.71. The molecular formula is C27H23ClN2O5. The first-order valence-corrected chi connectivity index (χ1v) is 11.6. The van der Waals surface area contributed by atoms with E-state index in [4.69, 9.17) is 25.8 Å². The summed E-state index contributed by atoms with van der Waals surface area (Å²) in [7, 11) is 0. The number of ether oxygens (including phenoxy) is 3. The van der Waals surface area contributed by atoms with E-state index < -0.39 is 5.91 Å². The number of halogens is 1. The molecule has 0 spiro atoms. The van der Waals surface area contributed by atoms with E-state index in [1.807, 2.05) is 37.3 Å². The third-order valence-electron chi connectivity index (χ3n) is 5.72. The van der Waals surface area contributed by atoms with Crippen LogP contribution in [0, 0.1) is 0 Å². The SMILES string of the molecule is C[C@@H](NC(=O)CN1C(=O)/C(=C\c2cccc(Cl)c2)Oc2ccccc21)c1ccc2c(c1)OCCO2. The minimum absolute atomic E-state index is 0.110. The van der Waals surface area contributed by atoms with Gasteiger partial charge in [-0.2, -0.15) is 0 Å². The van der Waals surface area contributed by atoms with Gasteiger partial charge in [-0.1, -0.05) is 41.9 Å². The number of hydrogen-bond donors (Lipinski definition) is 1. The molecule has 3 aromatic rings. The number of anilines is 1. The number of amides is 2. The van der Waals surface area contributed by atoms with Gasteiger partial charge in [0.2, 0.25) is 5.91 Å². The molecule has 0 saturated carbocycles. The third kappa shape index (κ3) is 4.95. The summed E-state index contributed by atoms with van der Waals surface area (Å²) in [6.07, 6.45) is 1.62. The number of rotatable bonds is 5. The van der Waals surface area contributed by atoms with E-state index in [9.17, 15) is 9.59 Å². The van der Waals surface area contributed by atoms with Gasteiger partial charge in [0.05, 0.1) is 11.7 Å². The number of para-hydroxylation sites is 2. The third-order valence-corrected chi connectivity index (χ3v) is 5.96. The average Bonchev–Trinajstić information content (AvgIpc) is 2.86. The first kappa shape index (κ1) is 22.8. The summed E-state index contributed by atoms with van der Waals surface area (Å²) in [5.74, 6) is 1.23. The smallest absolute Gasteiger partial charge is 0.294 e. The van der Waals surface area contributed by atoms with Gasteiger partial charge >= 0.3 is 0 Å². The molecule has 0 unspecified atom stereocenters. The lowest BCUT2D eigenvalue weighted by molar-refractivity contribution is -0.123. The Bertz CT molecular complexity index is 1320. The molecule has 5 rings (SSSR count). The van der Waals surface area contributed by atoms with Crippen LogP contribution in [0.15, 0.2) is 72.5 Å². The molecule has 7 nitrogen and oxygen atoms in total. The lowest BCUT2D eigenvalue weighted by atomic mass is 10.1. The van der Waals surface area contributed by atoms with Gasteiger partial charge in [0, 0.05) is 5.02 Å². The number of carbonyl (C=O) groups is 2. The largest absolute Gasteiger partial charge is 0.486 e. The molecular weight excluding hydrogens is 468 g/mol. The van der Waals surface area contributed by atoms with Crippen LogP contribution >= 0.6 is 11.6 Å². The van der Waals surface area contributed by atoms with Crippen molar-refractivity contribution in [2.24, 2.45) is 0 Å². The monoisotopic (exact) mass is 490 g/mol. The van der Waals surface area contributed by atoms with Crippen LogP contribution < -0.4 is 24.4 Å². The van der Waals surface area contributed by atoms with Crippen molar-refractivity contribution in [1.29, 1.82) is 0 Å². The van der Waals surface area contributed by atoms with Crippen LogP contribution in [-0.4, -0.2) is 31.6 Å². The fourth-order valence-electron chi connectivity index (χ4n) is 4.01. The molecule has 0 saturated heterocycles. The van der Waals surface area contributed by atoms with Crippen molar-refractivity contribution in [3.63, 3.8) is 0 Å². The second kappa shape index (κ2) is 9.72. The van der Waals surface area contributed by atoms with Crippen LogP contribution in [-0.2, 0) is 9.59 Å². The van der Waals surface area contributed by atoms with E-state index in [1.54, 1.807) is 42.5 Å². The van der Waals surface area contributed by atoms with Gasteiger partial charge in [-0.3, -0.25) is 14.5 Å². The highest BCUT2D eigenvalue weighted by molar-refractivity contribution is 6.30. The highest BCUT2D eigenvalue weighted by atomic mass is 35.5. The minimum Gasteiger partial charge on any atom is -0.486 e. The summed E-state index contributed by atoms with van der Waals surface area (Å²) in [6, 6.07) is 19.5. The molecule has 2 heterocycles.